The molecule has 2 amide bonds. The molecule has 1 heterocycles. The van der Waals surface area contributed by atoms with Crippen molar-refractivity contribution in [3.8, 4) is 0 Å². The van der Waals surface area contributed by atoms with Crippen LogP contribution in [0.25, 0.3) is 0 Å². The van der Waals surface area contributed by atoms with Crippen molar-refractivity contribution in [2.75, 3.05) is 26.7 Å². The minimum atomic E-state index is -0.274. The first kappa shape index (κ1) is 18.4. The van der Waals surface area contributed by atoms with Crippen LogP contribution in [0.5, 0.6) is 0 Å². The van der Waals surface area contributed by atoms with E-state index in [1.165, 1.54) is 12.1 Å². The second-order valence-corrected chi connectivity index (χ2v) is 6.47. The molecule has 1 atom stereocenters. The van der Waals surface area contributed by atoms with Crippen molar-refractivity contribution in [2.24, 2.45) is 5.92 Å². The first-order chi connectivity index (χ1) is 11.5. The van der Waals surface area contributed by atoms with Crippen LogP contribution in [-0.2, 0) is 16.0 Å². The molecule has 0 saturated carbocycles. The Morgan fingerprint density at radius 2 is 2.04 bits per heavy atom. The van der Waals surface area contributed by atoms with Gasteiger partial charge in [0.1, 0.15) is 5.82 Å². The smallest absolute Gasteiger partial charge is 0.233 e. The summed E-state index contributed by atoms with van der Waals surface area (Å²) in [5.74, 6) is -0.454. The van der Waals surface area contributed by atoms with Gasteiger partial charge in [-0.05, 0) is 37.0 Å². The lowest BCUT2D eigenvalue weighted by molar-refractivity contribution is -0.126. The van der Waals surface area contributed by atoms with Crippen LogP contribution in [0.15, 0.2) is 24.3 Å². The van der Waals surface area contributed by atoms with E-state index in [4.69, 9.17) is 0 Å². The highest BCUT2D eigenvalue weighted by Gasteiger charge is 2.23. The monoisotopic (exact) mass is 335 g/mol. The summed E-state index contributed by atoms with van der Waals surface area (Å²) < 4.78 is 13.2. The van der Waals surface area contributed by atoms with Crippen LogP contribution >= 0.6 is 0 Å². The number of halogens is 1. The highest BCUT2D eigenvalue weighted by Crippen LogP contribution is 2.13. The van der Waals surface area contributed by atoms with Crippen molar-refractivity contribution in [1.82, 2.24) is 15.5 Å². The Labute approximate surface area is 142 Å². The van der Waals surface area contributed by atoms with Gasteiger partial charge in [-0.25, -0.2) is 4.39 Å². The van der Waals surface area contributed by atoms with Crippen LogP contribution in [0.2, 0.25) is 0 Å². The number of amides is 2. The van der Waals surface area contributed by atoms with Gasteiger partial charge in [0.2, 0.25) is 11.8 Å². The second-order valence-electron chi connectivity index (χ2n) is 6.47. The number of rotatable bonds is 6. The standard InChI is InChI=1S/C18H26FN3O2/c1-13(10-14-4-3-5-15(19)11-14)18(24)21-16-6-8-22(9-7-16)12-17(23)20-2/h3-5,11,13,16H,6-10,12H2,1-2H3,(H,20,23)(H,21,24)/t13-/m1/s1. The Morgan fingerprint density at radius 1 is 1.33 bits per heavy atom. The van der Waals surface area contributed by atoms with E-state index in [1.807, 2.05) is 13.0 Å². The largest absolute Gasteiger partial charge is 0.358 e. The first-order valence-electron chi connectivity index (χ1n) is 8.45. The third-order valence-electron chi connectivity index (χ3n) is 4.46. The topological polar surface area (TPSA) is 61.4 Å². The molecular formula is C18H26FN3O2. The molecule has 1 aliphatic heterocycles. The fourth-order valence-corrected chi connectivity index (χ4v) is 2.97. The van der Waals surface area contributed by atoms with Crippen molar-refractivity contribution >= 4 is 11.8 Å². The lowest BCUT2D eigenvalue weighted by Gasteiger charge is -2.32. The summed E-state index contributed by atoms with van der Waals surface area (Å²) in [7, 11) is 1.63. The average Bonchev–Trinajstić information content (AvgIpc) is 2.56. The molecule has 2 rings (SSSR count). The van der Waals surface area contributed by atoms with Crippen molar-refractivity contribution in [1.29, 1.82) is 0 Å². The maximum Gasteiger partial charge on any atom is 0.233 e. The van der Waals surface area contributed by atoms with Crippen LogP contribution in [-0.4, -0.2) is 49.4 Å². The number of hydrogen-bond acceptors (Lipinski definition) is 3. The highest BCUT2D eigenvalue weighted by molar-refractivity contribution is 5.79. The third-order valence-corrected chi connectivity index (χ3v) is 4.46. The van der Waals surface area contributed by atoms with E-state index in [-0.39, 0.29) is 29.6 Å². The van der Waals surface area contributed by atoms with Gasteiger partial charge in [-0.1, -0.05) is 19.1 Å². The van der Waals surface area contributed by atoms with Crippen molar-refractivity contribution in [2.45, 2.75) is 32.2 Å². The molecule has 0 unspecified atom stereocenters. The van der Waals surface area contributed by atoms with E-state index in [9.17, 15) is 14.0 Å². The number of nitrogens with zero attached hydrogens (tertiary/aromatic N) is 1. The van der Waals surface area contributed by atoms with Gasteiger partial charge in [0.05, 0.1) is 6.54 Å². The predicted octanol–water partition coefficient (Wildman–Crippen LogP) is 1.33. The number of nitrogens with one attached hydrogen (secondary N) is 2. The van der Waals surface area contributed by atoms with Crippen LogP contribution in [0.3, 0.4) is 0 Å². The minimum absolute atomic E-state index is 0.00372. The summed E-state index contributed by atoms with van der Waals surface area (Å²) in [5.41, 5.74) is 0.832. The van der Waals surface area contributed by atoms with Gasteiger partial charge >= 0.3 is 0 Å². The van der Waals surface area contributed by atoms with E-state index < -0.39 is 0 Å². The van der Waals surface area contributed by atoms with Gasteiger partial charge in [0.15, 0.2) is 0 Å². The van der Waals surface area contributed by atoms with Crippen LogP contribution in [0, 0.1) is 11.7 Å². The van der Waals surface area contributed by atoms with Gasteiger partial charge in [-0.15, -0.1) is 0 Å². The van der Waals surface area contributed by atoms with E-state index >= 15 is 0 Å². The zero-order valence-corrected chi connectivity index (χ0v) is 14.3. The van der Waals surface area contributed by atoms with Crippen molar-refractivity contribution in [3.63, 3.8) is 0 Å². The molecule has 1 fully saturated rings. The molecule has 2 N–H and O–H groups in total. The fraction of sp³-hybridized carbons (Fsp3) is 0.556. The Balaban J connectivity index is 1.75. The van der Waals surface area contributed by atoms with E-state index in [2.05, 4.69) is 15.5 Å². The molecule has 1 aromatic carbocycles. The highest BCUT2D eigenvalue weighted by atomic mass is 19.1. The average molecular weight is 335 g/mol. The Morgan fingerprint density at radius 3 is 2.67 bits per heavy atom. The maximum absolute atomic E-state index is 13.2. The fourth-order valence-electron chi connectivity index (χ4n) is 2.97. The Bertz CT molecular complexity index is 571. The van der Waals surface area contributed by atoms with Gasteiger partial charge in [0, 0.05) is 32.1 Å². The first-order valence-corrected chi connectivity index (χ1v) is 8.45. The molecule has 132 valence electrons. The SMILES string of the molecule is CNC(=O)CN1CCC(NC(=O)[C@H](C)Cc2cccc(F)c2)CC1. The Kier molecular flexibility index (Phi) is 6.73. The van der Waals surface area contributed by atoms with E-state index in [1.54, 1.807) is 13.1 Å². The molecular weight excluding hydrogens is 309 g/mol. The molecule has 0 bridgehead atoms. The van der Waals surface area contributed by atoms with Crippen LogP contribution in [0.1, 0.15) is 25.3 Å². The molecule has 0 aromatic heterocycles. The van der Waals surface area contributed by atoms with Gasteiger partial charge in [0.25, 0.3) is 0 Å². The number of carbonyl (C=O) groups excluding carboxylic acids is 2. The second kappa shape index (κ2) is 8.78. The molecule has 0 radical (unpaired) electrons. The Hall–Kier alpha value is -1.95. The summed E-state index contributed by atoms with van der Waals surface area (Å²) in [6, 6.07) is 6.53. The quantitative estimate of drug-likeness (QED) is 0.824. The number of hydrogen-bond donors (Lipinski definition) is 2. The van der Waals surface area contributed by atoms with Crippen LogP contribution in [0.4, 0.5) is 4.39 Å². The van der Waals surface area contributed by atoms with Gasteiger partial charge in [-0.2, -0.15) is 0 Å². The summed E-state index contributed by atoms with van der Waals surface area (Å²) in [5, 5.41) is 5.70. The maximum atomic E-state index is 13.2. The lowest BCUT2D eigenvalue weighted by Crippen LogP contribution is -2.48. The number of likely N-dealkylation sites (N-methyl/N-ethyl adjacent to an activating group) is 1. The molecule has 1 saturated heterocycles. The van der Waals surface area contributed by atoms with Gasteiger partial charge < -0.3 is 10.6 Å². The number of benzene rings is 1. The zero-order valence-electron chi connectivity index (χ0n) is 14.3. The zero-order chi connectivity index (χ0) is 17.5. The van der Waals surface area contributed by atoms with Crippen molar-refractivity contribution in [3.05, 3.63) is 35.6 Å². The predicted molar refractivity (Wildman–Crippen MR) is 90.9 cm³/mol. The molecule has 0 aliphatic carbocycles. The summed E-state index contributed by atoms with van der Waals surface area (Å²) in [4.78, 5) is 25.8. The normalized spacial score (nSPS) is 17.3. The number of likely N-dealkylation sites (tertiary alicyclic amines) is 1. The summed E-state index contributed by atoms with van der Waals surface area (Å²) >= 11 is 0. The lowest BCUT2D eigenvalue weighted by atomic mass is 9.98. The van der Waals surface area contributed by atoms with Crippen LogP contribution < -0.4 is 10.6 Å². The number of piperidine rings is 1. The molecule has 24 heavy (non-hydrogen) atoms. The van der Waals surface area contributed by atoms with E-state index in [0.717, 1.165) is 31.5 Å². The van der Waals surface area contributed by atoms with Gasteiger partial charge in [-0.3, -0.25) is 14.5 Å². The third kappa shape index (κ3) is 5.60. The summed E-state index contributed by atoms with van der Waals surface area (Å²) in [6.45, 7) is 3.88. The van der Waals surface area contributed by atoms with Crippen molar-refractivity contribution < 1.29 is 14.0 Å². The molecule has 5 nitrogen and oxygen atoms in total. The molecule has 6 heteroatoms. The molecule has 1 aromatic rings. The summed E-state index contributed by atoms with van der Waals surface area (Å²) in [6.07, 6.45) is 2.21. The minimum Gasteiger partial charge on any atom is -0.358 e. The number of carbonyl (C=O) groups is 2. The van der Waals surface area contributed by atoms with E-state index in [0.29, 0.717) is 13.0 Å². The molecule has 1 aliphatic rings. The molecule has 0 spiro atoms.